The van der Waals surface area contributed by atoms with Gasteiger partial charge in [0, 0.05) is 11.3 Å². The number of hydrogen-bond acceptors (Lipinski definition) is 3. The number of fused-ring (bicyclic) bond motifs is 1. The van der Waals surface area contributed by atoms with Gasteiger partial charge in [0.25, 0.3) is 10.1 Å². The zero-order chi connectivity index (χ0) is 12.6. The van der Waals surface area contributed by atoms with Crippen LogP contribution in [-0.2, 0) is 14.3 Å². The van der Waals surface area contributed by atoms with Crippen LogP contribution in [0, 0.1) is 29.1 Å². The molecule has 1 aliphatic heterocycles. The van der Waals surface area contributed by atoms with Crippen molar-refractivity contribution in [1.82, 2.24) is 0 Å². The zero-order valence-electron chi connectivity index (χ0n) is 11.0. The van der Waals surface area contributed by atoms with Crippen molar-refractivity contribution in [3.05, 3.63) is 0 Å². The Hall–Kier alpha value is -0.0900. The van der Waals surface area contributed by atoms with E-state index in [0.717, 1.165) is 12.8 Å². The lowest BCUT2D eigenvalue weighted by Crippen LogP contribution is -2.48. The van der Waals surface area contributed by atoms with E-state index in [-0.39, 0.29) is 22.7 Å². The number of rotatable bonds is 2. The molecule has 4 heteroatoms. The average molecular weight is 258 g/mol. The van der Waals surface area contributed by atoms with Crippen LogP contribution in [0.3, 0.4) is 0 Å². The molecular weight excluding hydrogens is 236 g/mol. The third kappa shape index (κ3) is 1.19. The quantitative estimate of drug-likeness (QED) is 0.714. The van der Waals surface area contributed by atoms with Crippen LogP contribution in [0.4, 0.5) is 0 Å². The van der Waals surface area contributed by atoms with Crippen LogP contribution in [0.1, 0.15) is 40.5 Å². The summed E-state index contributed by atoms with van der Waals surface area (Å²) in [5.41, 5.74) is 0.0741. The molecule has 3 nitrogen and oxygen atoms in total. The van der Waals surface area contributed by atoms with Gasteiger partial charge >= 0.3 is 0 Å². The van der Waals surface area contributed by atoms with Crippen molar-refractivity contribution in [1.29, 1.82) is 0 Å². The Balaban J connectivity index is 2.12. The van der Waals surface area contributed by atoms with Gasteiger partial charge in [0.15, 0.2) is 0 Å². The van der Waals surface area contributed by atoms with Crippen LogP contribution in [0.15, 0.2) is 0 Å². The first-order chi connectivity index (χ1) is 7.81. The van der Waals surface area contributed by atoms with E-state index in [2.05, 4.69) is 27.7 Å². The minimum atomic E-state index is -3.27. The Bertz CT molecular complexity index is 430. The fraction of sp³-hybridized carbons (Fsp3) is 1.00. The maximum atomic E-state index is 12.0. The highest BCUT2D eigenvalue weighted by atomic mass is 32.2. The second kappa shape index (κ2) is 3.27. The van der Waals surface area contributed by atoms with Crippen LogP contribution >= 0.6 is 0 Å². The molecule has 0 spiro atoms. The molecule has 2 aliphatic carbocycles. The van der Waals surface area contributed by atoms with E-state index < -0.39 is 10.1 Å². The van der Waals surface area contributed by atoms with E-state index in [0.29, 0.717) is 17.8 Å². The van der Waals surface area contributed by atoms with Crippen LogP contribution < -0.4 is 0 Å². The van der Waals surface area contributed by atoms with E-state index in [1.807, 2.05) is 0 Å². The molecule has 4 atom stereocenters. The van der Waals surface area contributed by atoms with Gasteiger partial charge in [0.1, 0.15) is 0 Å². The van der Waals surface area contributed by atoms with Crippen molar-refractivity contribution in [3.63, 3.8) is 0 Å². The van der Waals surface area contributed by atoms with Gasteiger partial charge in [-0.25, -0.2) is 0 Å². The van der Waals surface area contributed by atoms with Gasteiger partial charge in [-0.3, -0.25) is 4.18 Å². The monoisotopic (exact) mass is 258 g/mol. The molecule has 2 bridgehead atoms. The first-order valence-corrected chi connectivity index (χ1v) is 8.21. The van der Waals surface area contributed by atoms with E-state index in [1.54, 1.807) is 0 Å². The summed E-state index contributed by atoms with van der Waals surface area (Å²) in [6.45, 7) is 8.90. The molecule has 0 amide bonds. The maximum absolute atomic E-state index is 12.0. The lowest BCUT2D eigenvalue weighted by Gasteiger charge is -2.47. The summed E-state index contributed by atoms with van der Waals surface area (Å²) in [6.07, 6.45) is 1.85. The van der Waals surface area contributed by atoms with E-state index in [4.69, 9.17) is 4.18 Å². The molecule has 0 aromatic carbocycles. The highest BCUT2D eigenvalue weighted by molar-refractivity contribution is 7.87. The molecule has 0 aromatic rings. The second-order valence-electron chi connectivity index (χ2n) is 6.69. The summed E-state index contributed by atoms with van der Waals surface area (Å²) < 4.78 is 29.5. The second-order valence-corrected chi connectivity index (χ2v) is 8.47. The first-order valence-electron chi connectivity index (χ1n) is 6.74. The standard InChI is InChI=1S/C13H22O3S/c1-7(2)13(8(3)4)9-5-10-11(6-9)17(14,15)16-12(10)13/h7-12H,5-6H2,1-4H3. The molecule has 98 valence electrons. The third-order valence-electron chi connectivity index (χ3n) is 5.75. The summed E-state index contributed by atoms with van der Waals surface area (Å²) in [6, 6.07) is 0. The minimum Gasteiger partial charge on any atom is -0.266 e. The average Bonchev–Trinajstić information content (AvgIpc) is 2.75. The van der Waals surface area contributed by atoms with Crippen LogP contribution in [0.2, 0.25) is 0 Å². The van der Waals surface area contributed by atoms with Gasteiger partial charge in [-0.2, -0.15) is 8.42 Å². The SMILES string of the molecule is CC(C)C1(C(C)C)C2CC3C1OS(=O)(=O)C3C2. The van der Waals surface area contributed by atoms with Gasteiger partial charge in [-0.05, 0) is 30.6 Å². The Morgan fingerprint density at radius 3 is 2.24 bits per heavy atom. The molecule has 0 N–H and O–H groups in total. The predicted molar refractivity (Wildman–Crippen MR) is 65.9 cm³/mol. The summed E-state index contributed by atoms with van der Waals surface area (Å²) in [4.78, 5) is 0. The van der Waals surface area contributed by atoms with Crippen LogP contribution in [0.5, 0.6) is 0 Å². The van der Waals surface area contributed by atoms with Gasteiger partial charge in [-0.15, -0.1) is 0 Å². The highest BCUT2D eigenvalue weighted by Gasteiger charge is 2.71. The van der Waals surface area contributed by atoms with E-state index in [9.17, 15) is 8.42 Å². The normalized spacial score (nSPS) is 45.1. The largest absolute Gasteiger partial charge is 0.270 e. The molecule has 0 aromatic heterocycles. The number of hydrogen-bond donors (Lipinski definition) is 0. The van der Waals surface area contributed by atoms with Crippen molar-refractivity contribution in [3.8, 4) is 0 Å². The molecule has 4 unspecified atom stereocenters. The summed E-state index contributed by atoms with van der Waals surface area (Å²) in [7, 11) is -3.27. The summed E-state index contributed by atoms with van der Waals surface area (Å²) in [5, 5.41) is -0.192. The molecule has 2 saturated carbocycles. The lowest BCUT2D eigenvalue weighted by molar-refractivity contribution is -0.0483. The van der Waals surface area contributed by atoms with Crippen molar-refractivity contribution >= 4 is 10.1 Å². The molecule has 0 radical (unpaired) electrons. The van der Waals surface area contributed by atoms with Crippen molar-refractivity contribution in [2.75, 3.05) is 0 Å². The van der Waals surface area contributed by atoms with Crippen molar-refractivity contribution < 1.29 is 12.6 Å². The van der Waals surface area contributed by atoms with Gasteiger partial charge in [0.2, 0.25) is 0 Å². The molecule has 17 heavy (non-hydrogen) atoms. The fourth-order valence-electron chi connectivity index (χ4n) is 5.33. The topological polar surface area (TPSA) is 43.4 Å². The Labute approximate surface area is 104 Å². The molecule has 3 aliphatic rings. The van der Waals surface area contributed by atoms with Gasteiger partial charge in [0.05, 0.1) is 11.4 Å². The van der Waals surface area contributed by atoms with Crippen LogP contribution in [-0.4, -0.2) is 19.8 Å². The molecule has 3 rings (SSSR count). The Morgan fingerprint density at radius 1 is 1.12 bits per heavy atom. The lowest BCUT2D eigenvalue weighted by atomic mass is 9.58. The van der Waals surface area contributed by atoms with Crippen molar-refractivity contribution in [2.45, 2.75) is 51.9 Å². The van der Waals surface area contributed by atoms with Gasteiger partial charge in [-0.1, -0.05) is 27.7 Å². The Morgan fingerprint density at radius 2 is 1.71 bits per heavy atom. The summed E-state index contributed by atoms with van der Waals surface area (Å²) >= 11 is 0. The molecule has 1 saturated heterocycles. The highest BCUT2D eigenvalue weighted by Crippen LogP contribution is 2.68. The van der Waals surface area contributed by atoms with Crippen molar-refractivity contribution in [2.24, 2.45) is 29.1 Å². The third-order valence-corrected chi connectivity index (χ3v) is 7.51. The smallest absolute Gasteiger partial charge is 0.266 e. The Kier molecular flexibility index (Phi) is 2.30. The minimum absolute atomic E-state index is 0.0451. The van der Waals surface area contributed by atoms with E-state index in [1.165, 1.54) is 0 Å². The van der Waals surface area contributed by atoms with Crippen LogP contribution in [0.25, 0.3) is 0 Å². The zero-order valence-corrected chi connectivity index (χ0v) is 11.8. The summed E-state index contributed by atoms with van der Waals surface area (Å²) in [5.74, 6) is 1.78. The molecule has 1 heterocycles. The molecular formula is C13H22O3S. The first kappa shape index (κ1) is 12.0. The molecule has 3 fully saturated rings. The maximum Gasteiger partial charge on any atom is 0.270 e. The van der Waals surface area contributed by atoms with Gasteiger partial charge < -0.3 is 0 Å². The predicted octanol–water partition coefficient (Wildman–Crippen LogP) is 2.42. The van der Waals surface area contributed by atoms with E-state index >= 15 is 0 Å². The fourth-order valence-corrected chi connectivity index (χ4v) is 7.22.